The number of carbonyl (C=O) groups excluding carboxylic acids is 1. The number of rotatable bonds is 2. The van der Waals surface area contributed by atoms with Crippen molar-refractivity contribution < 1.29 is 9.32 Å². The lowest BCUT2D eigenvalue weighted by Crippen LogP contribution is -2.15. The Bertz CT molecular complexity index is 634. The molecule has 1 unspecified atom stereocenters. The first-order valence-electron chi connectivity index (χ1n) is 6.68. The van der Waals surface area contributed by atoms with Crippen LogP contribution in [0.25, 0.3) is 0 Å². The Labute approximate surface area is 122 Å². The molecule has 0 radical (unpaired) electrons. The quantitative estimate of drug-likeness (QED) is 0.917. The number of benzene rings is 1. The summed E-state index contributed by atoms with van der Waals surface area (Å²) in [5, 5.41) is 7.44. The third-order valence-corrected chi connectivity index (χ3v) is 3.88. The van der Waals surface area contributed by atoms with Crippen LogP contribution in [0.1, 0.15) is 35.0 Å². The fraction of sp³-hybridized carbons (Fsp3) is 0.333. The molecule has 0 saturated carbocycles. The van der Waals surface area contributed by atoms with Gasteiger partial charge in [-0.25, -0.2) is 0 Å². The van der Waals surface area contributed by atoms with Crippen LogP contribution in [0.2, 0.25) is 5.02 Å². The molecule has 20 heavy (non-hydrogen) atoms. The largest absolute Gasteiger partial charge is 0.338 e. The van der Waals surface area contributed by atoms with E-state index < -0.39 is 0 Å². The maximum atomic E-state index is 12.1. The van der Waals surface area contributed by atoms with E-state index >= 15 is 0 Å². The van der Waals surface area contributed by atoms with Crippen molar-refractivity contribution in [2.75, 3.05) is 5.32 Å². The van der Waals surface area contributed by atoms with Crippen LogP contribution < -0.4 is 5.32 Å². The minimum Gasteiger partial charge on any atom is -0.338 e. The van der Waals surface area contributed by atoms with Crippen molar-refractivity contribution in [2.45, 2.75) is 26.2 Å². The van der Waals surface area contributed by atoms with Crippen molar-refractivity contribution in [3.8, 4) is 0 Å². The number of halogens is 1. The van der Waals surface area contributed by atoms with Gasteiger partial charge < -0.3 is 4.52 Å². The molecule has 1 N–H and O–H groups in total. The summed E-state index contributed by atoms with van der Waals surface area (Å²) >= 11 is 5.81. The lowest BCUT2D eigenvalue weighted by Gasteiger charge is -2.16. The molecule has 0 spiro atoms. The lowest BCUT2D eigenvalue weighted by molar-refractivity contribution is 0.102. The van der Waals surface area contributed by atoms with E-state index in [1.807, 2.05) is 0 Å². The van der Waals surface area contributed by atoms with Gasteiger partial charge in [0.05, 0.1) is 5.69 Å². The van der Waals surface area contributed by atoms with E-state index in [0.717, 1.165) is 30.5 Å². The number of fused-ring (bicyclic) bond motifs is 1. The molecule has 1 aromatic carbocycles. The summed E-state index contributed by atoms with van der Waals surface area (Å²) in [6, 6.07) is 6.75. The SMILES string of the molecule is CC1CCc2noc(NC(=O)c3ccc(Cl)cc3)c2C1. The van der Waals surface area contributed by atoms with E-state index in [-0.39, 0.29) is 5.91 Å². The van der Waals surface area contributed by atoms with Gasteiger partial charge in [0.2, 0.25) is 5.88 Å². The van der Waals surface area contributed by atoms with Crippen molar-refractivity contribution >= 4 is 23.4 Å². The van der Waals surface area contributed by atoms with Gasteiger partial charge in [-0.05, 0) is 49.4 Å². The van der Waals surface area contributed by atoms with Crippen molar-refractivity contribution in [1.29, 1.82) is 0 Å². The summed E-state index contributed by atoms with van der Waals surface area (Å²) in [6.45, 7) is 2.20. The van der Waals surface area contributed by atoms with Gasteiger partial charge in [0.1, 0.15) is 0 Å². The van der Waals surface area contributed by atoms with Gasteiger partial charge >= 0.3 is 0 Å². The van der Waals surface area contributed by atoms with Crippen LogP contribution in [-0.4, -0.2) is 11.1 Å². The second-order valence-electron chi connectivity index (χ2n) is 5.25. The Balaban J connectivity index is 1.80. The minimum absolute atomic E-state index is 0.209. The first-order chi connectivity index (χ1) is 9.63. The molecule has 2 aromatic rings. The third-order valence-electron chi connectivity index (χ3n) is 3.63. The van der Waals surface area contributed by atoms with E-state index in [9.17, 15) is 4.79 Å². The topological polar surface area (TPSA) is 55.1 Å². The standard InChI is InChI=1S/C15H15ClN2O2/c1-9-2-7-13-12(8-9)15(20-18-13)17-14(19)10-3-5-11(16)6-4-10/h3-6,9H,2,7-8H2,1H3,(H,17,19). The zero-order valence-electron chi connectivity index (χ0n) is 11.1. The van der Waals surface area contributed by atoms with E-state index in [1.54, 1.807) is 24.3 Å². The number of nitrogens with one attached hydrogen (secondary N) is 1. The number of aromatic nitrogens is 1. The molecule has 0 saturated heterocycles. The molecule has 3 rings (SSSR count). The van der Waals surface area contributed by atoms with Crippen LogP contribution in [0.4, 0.5) is 5.88 Å². The molecule has 1 heterocycles. The molecule has 1 aliphatic rings. The Morgan fingerprint density at radius 2 is 2.15 bits per heavy atom. The van der Waals surface area contributed by atoms with Crippen molar-refractivity contribution in [3.63, 3.8) is 0 Å². The van der Waals surface area contributed by atoms with Gasteiger partial charge in [0, 0.05) is 16.1 Å². The van der Waals surface area contributed by atoms with Crippen LogP contribution in [0, 0.1) is 5.92 Å². The average molecular weight is 291 g/mol. The van der Waals surface area contributed by atoms with E-state index in [2.05, 4.69) is 17.4 Å². The highest BCUT2D eigenvalue weighted by Gasteiger charge is 2.24. The van der Waals surface area contributed by atoms with Gasteiger partial charge in [-0.15, -0.1) is 0 Å². The van der Waals surface area contributed by atoms with Gasteiger partial charge in [-0.1, -0.05) is 23.7 Å². The number of amides is 1. The molecule has 104 valence electrons. The van der Waals surface area contributed by atoms with Gasteiger partial charge in [-0.3, -0.25) is 10.1 Å². The highest BCUT2D eigenvalue weighted by atomic mass is 35.5. The van der Waals surface area contributed by atoms with Gasteiger partial charge in [0.15, 0.2) is 0 Å². The highest BCUT2D eigenvalue weighted by molar-refractivity contribution is 6.30. The molecule has 1 aliphatic carbocycles. The number of carbonyl (C=O) groups is 1. The van der Waals surface area contributed by atoms with Gasteiger partial charge in [0.25, 0.3) is 5.91 Å². The average Bonchev–Trinajstić information content (AvgIpc) is 2.82. The first-order valence-corrected chi connectivity index (χ1v) is 7.05. The van der Waals surface area contributed by atoms with Crippen LogP contribution in [0.15, 0.2) is 28.8 Å². The Morgan fingerprint density at radius 1 is 1.40 bits per heavy atom. The van der Waals surface area contributed by atoms with E-state index in [0.29, 0.717) is 22.4 Å². The lowest BCUT2D eigenvalue weighted by atomic mass is 9.89. The van der Waals surface area contributed by atoms with E-state index in [1.165, 1.54) is 0 Å². The summed E-state index contributed by atoms with van der Waals surface area (Å²) in [7, 11) is 0. The molecule has 0 fully saturated rings. The third kappa shape index (κ3) is 2.56. The van der Waals surface area contributed by atoms with Crippen molar-refractivity contribution in [1.82, 2.24) is 5.16 Å². The summed E-state index contributed by atoms with van der Waals surface area (Å²) < 4.78 is 5.27. The Morgan fingerprint density at radius 3 is 2.90 bits per heavy atom. The summed E-state index contributed by atoms with van der Waals surface area (Å²) in [5.74, 6) is 0.860. The van der Waals surface area contributed by atoms with Crippen molar-refractivity contribution in [2.24, 2.45) is 5.92 Å². The number of nitrogens with zero attached hydrogens (tertiary/aromatic N) is 1. The molecule has 1 atom stereocenters. The summed E-state index contributed by atoms with van der Waals surface area (Å²) in [6.07, 6.45) is 2.93. The number of hydrogen-bond donors (Lipinski definition) is 1. The zero-order chi connectivity index (χ0) is 14.1. The molecule has 0 bridgehead atoms. The van der Waals surface area contributed by atoms with Crippen LogP contribution in [0.5, 0.6) is 0 Å². The Hall–Kier alpha value is -1.81. The van der Waals surface area contributed by atoms with Crippen LogP contribution in [-0.2, 0) is 12.8 Å². The predicted octanol–water partition coefficient (Wildman–Crippen LogP) is 3.71. The highest BCUT2D eigenvalue weighted by Crippen LogP contribution is 2.30. The molecular formula is C15H15ClN2O2. The van der Waals surface area contributed by atoms with Crippen molar-refractivity contribution in [3.05, 3.63) is 46.1 Å². The Kier molecular flexibility index (Phi) is 3.49. The minimum atomic E-state index is -0.209. The second kappa shape index (κ2) is 5.29. The van der Waals surface area contributed by atoms with E-state index in [4.69, 9.17) is 16.1 Å². The fourth-order valence-electron chi connectivity index (χ4n) is 2.46. The molecule has 1 aromatic heterocycles. The first kappa shape index (κ1) is 13.2. The van der Waals surface area contributed by atoms with Gasteiger partial charge in [-0.2, -0.15) is 0 Å². The molecule has 5 heteroatoms. The summed E-state index contributed by atoms with van der Waals surface area (Å²) in [4.78, 5) is 12.1. The maximum absolute atomic E-state index is 12.1. The number of anilines is 1. The zero-order valence-corrected chi connectivity index (χ0v) is 11.9. The fourth-order valence-corrected chi connectivity index (χ4v) is 2.58. The maximum Gasteiger partial charge on any atom is 0.258 e. The normalized spacial score (nSPS) is 17.6. The molecular weight excluding hydrogens is 276 g/mol. The molecule has 1 amide bonds. The predicted molar refractivity (Wildman–Crippen MR) is 77.1 cm³/mol. The molecule has 4 nitrogen and oxygen atoms in total. The van der Waals surface area contributed by atoms with Crippen LogP contribution in [0.3, 0.4) is 0 Å². The second-order valence-corrected chi connectivity index (χ2v) is 5.68. The smallest absolute Gasteiger partial charge is 0.258 e. The van der Waals surface area contributed by atoms with Crippen LogP contribution >= 0.6 is 11.6 Å². The molecule has 0 aliphatic heterocycles. The number of hydrogen-bond acceptors (Lipinski definition) is 3. The summed E-state index contributed by atoms with van der Waals surface area (Å²) in [5.41, 5.74) is 2.55. The number of aryl methyl sites for hydroxylation is 1. The monoisotopic (exact) mass is 290 g/mol.